The van der Waals surface area contributed by atoms with Crippen molar-refractivity contribution < 1.29 is 0 Å². The molecule has 4 heteroatoms. The highest BCUT2D eigenvalue weighted by atomic mass is 35.5. The third-order valence-corrected chi connectivity index (χ3v) is 3.47. The molecule has 17 heavy (non-hydrogen) atoms. The van der Waals surface area contributed by atoms with Gasteiger partial charge in [0.1, 0.15) is 5.82 Å². The Morgan fingerprint density at radius 3 is 2.59 bits per heavy atom. The van der Waals surface area contributed by atoms with Crippen LogP contribution in [0.1, 0.15) is 37.4 Å². The minimum absolute atomic E-state index is 0.361. The van der Waals surface area contributed by atoms with E-state index >= 15 is 0 Å². The number of hydrogen-bond acceptors (Lipinski definition) is 3. The topological polar surface area (TPSA) is 29.0 Å². The maximum Gasteiger partial charge on any atom is 0.224 e. The maximum absolute atomic E-state index is 5.97. The first-order valence-corrected chi connectivity index (χ1v) is 6.75. The quantitative estimate of drug-likeness (QED) is 0.754. The Morgan fingerprint density at radius 2 is 2.00 bits per heavy atom. The Kier molecular flexibility index (Phi) is 3.87. The van der Waals surface area contributed by atoms with Gasteiger partial charge in [0.2, 0.25) is 5.28 Å². The molecule has 1 aromatic rings. The van der Waals surface area contributed by atoms with Crippen LogP contribution < -0.4 is 4.90 Å². The highest BCUT2D eigenvalue weighted by Gasteiger charge is 2.25. The zero-order valence-electron chi connectivity index (χ0n) is 10.8. The summed E-state index contributed by atoms with van der Waals surface area (Å²) in [5.74, 6) is 1.88. The van der Waals surface area contributed by atoms with E-state index in [4.69, 9.17) is 11.6 Å². The predicted octanol–water partition coefficient (Wildman–Crippen LogP) is 3.37. The van der Waals surface area contributed by atoms with E-state index in [0.717, 1.165) is 42.5 Å². The van der Waals surface area contributed by atoms with Gasteiger partial charge in [-0.2, -0.15) is 0 Å². The molecule has 0 atom stereocenters. The van der Waals surface area contributed by atoms with Gasteiger partial charge in [0, 0.05) is 24.3 Å². The summed E-state index contributed by atoms with van der Waals surface area (Å²) in [5, 5.41) is 0.361. The van der Waals surface area contributed by atoms with E-state index in [1.54, 1.807) is 0 Å². The average Bonchev–Trinajstić information content (AvgIpc) is 3.07. The van der Waals surface area contributed by atoms with Crippen molar-refractivity contribution >= 4 is 17.4 Å². The lowest BCUT2D eigenvalue weighted by atomic mass is 10.2. The van der Waals surface area contributed by atoms with E-state index in [1.807, 2.05) is 6.92 Å². The van der Waals surface area contributed by atoms with Crippen molar-refractivity contribution in [1.82, 2.24) is 9.97 Å². The Hall–Kier alpha value is -0.830. The van der Waals surface area contributed by atoms with Crippen LogP contribution in [0.5, 0.6) is 0 Å². The number of anilines is 1. The van der Waals surface area contributed by atoms with E-state index in [2.05, 4.69) is 28.7 Å². The first-order chi connectivity index (χ1) is 8.11. The van der Waals surface area contributed by atoms with E-state index < -0.39 is 0 Å². The van der Waals surface area contributed by atoms with Crippen molar-refractivity contribution in [1.29, 1.82) is 0 Å². The zero-order valence-corrected chi connectivity index (χ0v) is 11.6. The molecule has 0 unspecified atom stereocenters. The number of rotatable bonds is 5. The number of nitrogens with zero attached hydrogens (tertiary/aromatic N) is 3. The molecule has 0 aliphatic heterocycles. The van der Waals surface area contributed by atoms with Crippen LogP contribution in [-0.4, -0.2) is 23.1 Å². The third-order valence-electron chi connectivity index (χ3n) is 3.30. The molecule has 1 heterocycles. The van der Waals surface area contributed by atoms with Gasteiger partial charge in [-0.3, -0.25) is 0 Å². The van der Waals surface area contributed by atoms with Gasteiger partial charge in [0.25, 0.3) is 0 Å². The second kappa shape index (κ2) is 5.21. The Morgan fingerprint density at radius 1 is 1.29 bits per heavy atom. The van der Waals surface area contributed by atoms with Gasteiger partial charge < -0.3 is 4.90 Å². The van der Waals surface area contributed by atoms with Crippen molar-refractivity contribution in [2.24, 2.45) is 5.92 Å². The van der Waals surface area contributed by atoms with Crippen LogP contribution in [0, 0.1) is 19.8 Å². The van der Waals surface area contributed by atoms with Gasteiger partial charge in [0.15, 0.2) is 0 Å². The normalized spacial score (nSPS) is 15.1. The van der Waals surface area contributed by atoms with Gasteiger partial charge in [0.05, 0.1) is 0 Å². The number of halogens is 1. The molecule has 0 bridgehead atoms. The molecule has 0 N–H and O–H groups in total. The Bertz CT molecular complexity index is 402. The van der Waals surface area contributed by atoms with Gasteiger partial charge in [-0.25, -0.2) is 9.97 Å². The second-order valence-corrected chi connectivity index (χ2v) is 5.25. The molecule has 1 saturated carbocycles. The van der Waals surface area contributed by atoms with E-state index in [0.29, 0.717) is 5.28 Å². The van der Waals surface area contributed by atoms with Gasteiger partial charge >= 0.3 is 0 Å². The average molecular weight is 254 g/mol. The van der Waals surface area contributed by atoms with Crippen LogP contribution in [0.3, 0.4) is 0 Å². The molecule has 1 aliphatic rings. The molecule has 0 aromatic carbocycles. The molecule has 0 saturated heterocycles. The van der Waals surface area contributed by atoms with Gasteiger partial charge in [-0.15, -0.1) is 0 Å². The standard InChI is InChI=1S/C13H20ClN3/c1-4-7-17(8-11-5-6-11)12-9(2)10(3)15-13(14)16-12/h11H,4-8H2,1-3H3. The smallest absolute Gasteiger partial charge is 0.224 e. The SMILES string of the molecule is CCCN(CC1CC1)c1nc(Cl)nc(C)c1C. The molecule has 1 aliphatic carbocycles. The molecule has 0 radical (unpaired) electrons. The summed E-state index contributed by atoms with van der Waals surface area (Å²) in [7, 11) is 0. The lowest BCUT2D eigenvalue weighted by Gasteiger charge is -2.25. The fourth-order valence-corrected chi connectivity index (χ4v) is 2.26. The Labute approximate surface area is 108 Å². The summed E-state index contributed by atoms with van der Waals surface area (Å²) in [6, 6.07) is 0. The lowest BCUT2D eigenvalue weighted by Crippen LogP contribution is -2.28. The van der Waals surface area contributed by atoms with Crippen molar-refractivity contribution in [2.75, 3.05) is 18.0 Å². The molecule has 2 rings (SSSR count). The van der Waals surface area contributed by atoms with E-state index in [9.17, 15) is 0 Å². The number of aryl methyl sites for hydroxylation is 1. The molecule has 0 spiro atoms. The first kappa shape index (κ1) is 12.6. The molecular weight excluding hydrogens is 234 g/mol. The van der Waals surface area contributed by atoms with Crippen LogP contribution in [-0.2, 0) is 0 Å². The highest BCUT2D eigenvalue weighted by Crippen LogP contribution is 2.32. The monoisotopic (exact) mass is 253 g/mol. The van der Waals surface area contributed by atoms with Crippen LogP contribution >= 0.6 is 11.6 Å². The number of aromatic nitrogens is 2. The van der Waals surface area contributed by atoms with Crippen molar-refractivity contribution in [3.05, 3.63) is 16.5 Å². The van der Waals surface area contributed by atoms with Crippen molar-refractivity contribution in [2.45, 2.75) is 40.0 Å². The molecule has 94 valence electrons. The zero-order chi connectivity index (χ0) is 12.4. The molecule has 3 nitrogen and oxygen atoms in total. The largest absolute Gasteiger partial charge is 0.356 e. The van der Waals surface area contributed by atoms with Crippen LogP contribution in [0.4, 0.5) is 5.82 Å². The Balaban J connectivity index is 2.26. The lowest BCUT2D eigenvalue weighted by molar-refractivity contribution is 0.694. The third kappa shape index (κ3) is 3.09. The van der Waals surface area contributed by atoms with Crippen molar-refractivity contribution in [3.8, 4) is 0 Å². The molecule has 1 fully saturated rings. The van der Waals surface area contributed by atoms with E-state index in [-0.39, 0.29) is 0 Å². The summed E-state index contributed by atoms with van der Waals surface area (Å²) in [5.41, 5.74) is 2.14. The summed E-state index contributed by atoms with van der Waals surface area (Å²) >= 11 is 5.97. The second-order valence-electron chi connectivity index (χ2n) is 4.92. The highest BCUT2D eigenvalue weighted by molar-refractivity contribution is 6.28. The summed E-state index contributed by atoms with van der Waals surface area (Å²) < 4.78 is 0. The van der Waals surface area contributed by atoms with Gasteiger partial charge in [-0.05, 0) is 50.6 Å². The van der Waals surface area contributed by atoms with Crippen LogP contribution in [0.2, 0.25) is 5.28 Å². The fourth-order valence-electron chi connectivity index (χ4n) is 2.05. The fraction of sp³-hybridized carbons (Fsp3) is 0.692. The first-order valence-electron chi connectivity index (χ1n) is 6.37. The molecular formula is C13H20ClN3. The van der Waals surface area contributed by atoms with Crippen LogP contribution in [0.15, 0.2) is 0 Å². The summed E-state index contributed by atoms with van der Waals surface area (Å²) in [6.07, 6.45) is 3.85. The minimum Gasteiger partial charge on any atom is -0.356 e. The molecule has 0 amide bonds. The predicted molar refractivity (Wildman–Crippen MR) is 71.7 cm³/mol. The van der Waals surface area contributed by atoms with Crippen LogP contribution in [0.25, 0.3) is 0 Å². The summed E-state index contributed by atoms with van der Waals surface area (Å²) in [6.45, 7) is 8.43. The minimum atomic E-state index is 0.361. The maximum atomic E-state index is 5.97. The van der Waals surface area contributed by atoms with Gasteiger partial charge in [-0.1, -0.05) is 6.92 Å². The number of hydrogen-bond donors (Lipinski definition) is 0. The van der Waals surface area contributed by atoms with Crippen molar-refractivity contribution in [3.63, 3.8) is 0 Å². The molecule has 1 aromatic heterocycles. The summed E-state index contributed by atoms with van der Waals surface area (Å²) in [4.78, 5) is 11.0. The van der Waals surface area contributed by atoms with E-state index in [1.165, 1.54) is 12.8 Å².